The number of carbonyl (C=O) groups excluding carboxylic acids is 1. The molecule has 1 heterocycles. The Morgan fingerprint density at radius 2 is 2.08 bits per heavy atom. The number of Topliss-reactive ketones (excluding diaryl/α,β-unsaturated/α-hetero) is 1. The molecule has 3 nitrogen and oxygen atoms in total. The molecule has 0 aliphatic heterocycles. The lowest BCUT2D eigenvalue weighted by Gasteiger charge is -1.94. The molecular weight excluding hydrogens is 152 g/mol. The number of nitrogen functional groups attached to an aromatic ring is 1. The summed E-state index contributed by atoms with van der Waals surface area (Å²) in [6, 6.07) is 3.64. The Hall–Kier alpha value is -1.38. The first-order chi connectivity index (χ1) is 5.68. The molecular formula is C9H13N2O+. The van der Waals surface area contributed by atoms with Crippen LogP contribution in [0.25, 0.3) is 0 Å². The van der Waals surface area contributed by atoms with Gasteiger partial charge in [-0.05, 0) is 6.92 Å². The summed E-state index contributed by atoms with van der Waals surface area (Å²) >= 11 is 0. The Bertz CT molecular complexity index is 266. The molecule has 0 atom stereocenters. The number of pyridine rings is 1. The summed E-state index contributed by atoms with van der Waals surface area (Å²) < 4.78 is 1.94. The number of hydrogen-bond acceptors (Lipinski definition) is 2. The molecule has 0 saturated heterocycles. The molecule has 0 aliphatic rings. The zero-order valence-electron chi connectivity index (χ0n) is 7.16. The van der Waals surface area contributed by atoms with Crippen LogP contribution in [0.5, 0.6) is 0 Å². The maximum atomic E-state index is 10.6. The molecule has 0 spiro atoms. The summed E-state index contributed by atoms with van der Waals surface area (Å²) in [7, 11) is 0. The SMILES string of the molecule is CC(=O)CC[n+]1ccc(N)cc1. The average molecular weight is 165 g/mol. The molecule has 0 aliphatic carbocycles. The van der Waals surface area contributed by atoms with Gasteiger partial charge in [-0.25, -0.2) is 4.57 Å². The number of aryl methyl sites for hydroxylation is 1. The van der Waals surface area contributed by atoms with Gasteiger partial charge in [-0.1, -0.05) is 0 Å². The van der Waals surface area contributed by atoms with Crippen LogP contribution >= 0.6 is 0 Å². The first-order valence-electron chi connectivity index (χ1n) is 3.92. The monoisotopic (exact) mass is 165 g/mol. The van der Waals surface area contributed by atoms with Crippen molar-refractivity contribution in [1.29, 1.82) is 0 Å². The average Bonchev–Trinajstić information content (AvgIpc) is 2.03. The number of ketones is 1. The molecule has 0 radical (unpaired) electrons. The van der Waals surface area contributed by atoms with E-state index in [4.69, 9.17) is 5.73 Å². The van der Waals surface area contributed by atoms with Gasteiger partial charge in [0.05, 0.1) is 6.42 Å². The van der Waals surface area contributed by atoms with E-state index in [2.05, 4.69) is 0 Å². The minimum absolute atomic E-state index is 0.208. The van der Waals surface area contributed by atoms with Crippen LogP contribution in [0.15, 0.2) is 24.5 Å². The van der Waals surface area contributed by atoms with Gasteiger partial charge in [0.15, 0.2) is 18.9 Å². The summed E-state index contributed by atoms with van der Waals surface area (Å²) in [4.78, 5) is 10.6. The topological polar surface area (TPSA) is 47.0 Å². The minimum Gasteiger partial charge on any atom is -0.398 e. The summed E-state index contributed by atoms with van der Waals surface area (Å²) in [5, 5.41) is 0. The molecule has 1 aromatic rings. The lowest BCUT2D eigenvalue weighted by molar-refractivity contribution is -0.695. The molecule has 0 amide bonds. The quantitative estimate of drug-likeness (QED) is 0.664. The van der Waals surface area contributed by atoms with E-state index in [1.54, 1.807) is 6.92 Å². The van der Waals surface area contributed by atoms with Gasteiger partial charge in [-0.2, -0.15) is 0 Å². The Balaban J connectivity index is 2.53. The minimum atomic E-state index is 0.208. The van der Waals surface area contributed by atoms with Crippen molar-refractivity contribution in [1.82, 2.24) is 0 Å². The summed E-state index contributed by atoms with van der Waals surface area (Å²) in [6.45, 7) is 2.33. The van der Waals surface area contributed by atoms with Crippen LogP contribution in [-0.2, 0) is 11.3 Å². The number of rotatable bonds is 3. The van der Waals surface area contributed by atoms with E-state index in [9.17, 15) is 4.79 Å². The van der Waals surface area contributed by atoms with Crippen LogP contribution in [0.1, 0.15) is 13.3 Å². The second-order valence-corrected chi connectivity index (χ2v) is 2.82. The van der Waals surface area contributed by atoms with E-state index in [0.29, 0.717) is 6.42 Å². The van der Waals surface area contributed by atoms with Gasteiger partial charge in [0.2, 0.25) is 0 Å². The predicted octanol–water partition coefficient (Wildman–Crippen LogP) is 0.535. The van der Waals surface area contributed by atoms with Crippen LogP contribution in [0, 0.1) is 0 Å². The molecule has 0 fully saturated rings. The fourth-order valence-electron chi connectivity index (χ4n) is 0.904. The summed E-state index contributed by atoms with van der Waals surface area (Å²) in [5.74, 6) is 0.208. The van der Waals surface area contributed by atoms with Crippen molar-refractivity contribution < 1.29 is 9.36 Å². The van der Waals surface area contributed by atoms with E-state index in [1.165, 1.54) is 0 Å². The lowest BCUT2D eigenvalue weighted by Crippen LogP contribution is -2.33. The molecule has 0 bridgehead atoms. The summed E-state index contributed by atoms with van der Waals surface area (Å²) in [6.07, 6.45) is 4.32. The van der Waals surface area contributed by atoms with Crippen LogP contribution in [0.4, 0.5) is 5.69 Å². The molecule has 0 aromatic carbocycles. The Labute approximate surface area is 71.8 Å². The van der Waals surface area contributed by atoms with Crippen molar-refractivity contribution >= 4 is 11.5 Å². The van der Waals surface area contributed by atoms with Crippen molar-refractivity contribution in [3.05, 3.63) is 24.5 Å². The second kappa shape index (κ2) is 3.85. The first kappa shape index (κ1) is 8.71. The number of carbonyl (C=O) groups is 1. The fourth-order valence-corrected chi connectivity index (χ4v) is 0.904. The molecule has 1 aromatic heterocycles. The Morgan fingerprint density at radius 1 is 1.50 bits per heavy atom. The first-order valence-corrected chi connectivity index (χ1v) is 3.92. The number of nitrogens with two attached hydrogens (primary N) is 1. The molecule has 3 heteroatoms. The van der Waals surface area contributed by atoms with E-state index < -0.39 is 0 Å². The van der Waals surface area contributed by atoms with Crippen molar-refractivity contribution in [3.63, 3.8) is 0 Å². The highest BCUT2D eigenvalue weighted by Gasteiger charge is 2.00. The van der Waals surface area contributed by atoms with Gasteiger partial charge >= 0.3 is 0 Å². The van der Waals surface area contributed by atoms with Crippen LogP contribution in [0.3, 0.4) is 0 Å². The number of aromatic nitrogens is 1. The van der Waals surface area contributed by atoms with E-state index in [0.717, 1.165) is 12.2 Å². The Kier molecular flexibility index (Phi) is 2.80. The van der Waals surface area contributed by atoms with Crippen molar-refractivity contribution in [2.45, 2.75) is 19.9 Å². The largest absolute Gasteiger partial charge is 0.398 e. The van der Waals surface area contributed by atoms with Gasteiger partial charge in [0, 0.05) is 17.8 Å². The van der Waals surface area contributed by atoms with Crippen molar-refractivity contribution in [3.8, 4) is 0 Å². The standard InChI is InChI=1S/C9H12N2O/c1-8(12)2-5-11-6-3-9(10)4-7-11/h3-4,6-7,10H,2,5H2,1H3/p+1. The molecule has 2 N–H and O–H groups in total. The number of hydrogen-bond donors (Lipinski definition) is 1. The smallest absolute Gasteiger partial charge is 0.170 e. The van der Waals surface area contributed by atoms with Crippen LogP contribution in [-0.4, -0.2) is 5.78 Å². The maximum Gasteiger partial charge on any atom is 0.170 e. The van der Waals surface area contributed by atoms with Crippen LogP contribution in [0.2, 0.25) is 0 Å². The third kappa shape index (κ3) is 2.70. The molecule has 0 unspecified atom stereocenters. The van der Waals surface area contributed by atoms with E-state index >= 15 is 0 Å². The molecule has 1 rings (SSSR count). The molecule has 64 valence electrons. The number of anilines is 1. The summed E-state index contributed by atoms with van der Waals surface area (Å²) in [5.41, 5.74) is 6.25. The van der Waals surface area contributed by atoms with E-state index in [-0.39, 0.29) is 5.78 Å². The second-order valence-electron chi connectivity index (χ2n) is 2.82. The Morgan fingerprint density at radius 3 is 2.58 bits per heavy atom. The molecule has 0 saturated carbocycles. The van der Waals surface area contributed by atoms with Gasteiger partial charge in [-0.3, -0.25) is 4.79 Å². The highest BCUT2D eigenvalue weighted by Crippen LogP contribution is 1.93. The zero-order valence-corrected chi connectivity index (χ0v) is 7.16. The highest BCUT2D eigenvalue weighted by atomic mass is 16.1. The van der Waals surface area contributed by atoms with Crippen molar-refractivity contribution in [2.24, 2.45) is 0 Å². The van der Waals surface area contributed by atoms with Crippen molar-refractivity contribution in [2.75, 3.05) is 5.73 Å². The third-order valence-electron chi connectivity index (χ3n) is 1.64. The maximum absolute atomic E-state index is 10.6. The molecule has 12 heavy (non-hydrogen) atoms. The van der Waals surface area contributed by atoms with Gasteiger partial charge in [-0.15, -0.1) is 0 Å². The van der Waals surface area contributed by atoms with Crippen LogP contribution < -0.4 is 10.3 Å². The zero-order chi connectivity index (χ0) is 8.97. The fraction of sp³-hybridized carbons (Fsp3) is 0.333. The highest BCUT2D eigenvalue weighted by molar-refractivity contribution is 5.75. The van der Waals surface area contributed by atoms with Gasteiger partial charge in [0.25, 0.3) is 0 Å². The third-order valence-corrected chi connectivity index (χ3v) is 1.64. The van der Waals surface area contributed by atoms with E-state index in [1.807, 2.05) is 29.1 Å². The lowest BCUT2D eigenvalue weighted by atomic mass is 10.3. The predicted molar refractivity (Wildman–Crippen MR) is 46.3 cm³/mol. The number of nitrogens with zero attached hydrogens (tertiary/aromatic N) is 1. The van der Waals surface area contributed by atoms with Gasteiger partial charge < -0.3 is 5.73 Å². The van der Waals surface area contributed by atoms with Gasteiger partial charge in [0.1, 0.15) is 5.78 Å². The normalized spacial score (nSPS) is 9.75.